The van der Waals surface area contributed by atoms with Crippen molar-refractivity contribution in [2.24, 2.45) is 0 Å². The highest BCUT2D eigenvalue weighted by molar-refractivity contribution is 7.79. The molecule has 172 valence electrons. The molecule has 10 heteroatoms. The molecule has 0 saturated heterocycles. The van der Waals surface area contributed by atoms with Gasteiger partial charge >= 0.3 is 10.4 Å². The van der Waals surface area contributed by atoms with Crippen LogP contribution < -0.4 is 10.6 Å². The summed E-state index contributed by atoms with van der Waals surface area (Å²) in [5.74, 6) is 0. The minimum absolute atomic E-state index is 0. The first-order valence-corrected chi connectivity index (χ1v) is 10.4. The molecule has 2 aromatic rings. The zero-order chi connectivity index (χ0) is 22.4. The molecule has 2 aromatic carbocycles. The number of rotatable bonds is 6. The molecule has 0 aromatic heterocycles. The van der Waals surface area contributed by atoms with E-state index in [-0.39, 0.29) is 24.5 Å². The molecule has 6 N–H and O–H groups in total. The molecule has 0 saturated carbocycles. The zero-order valence-corrected chi connectivity index (χ0v) is 19.1. The van der Waals surface area contributed by atoms with Gasteiger partial charge in [-0.25, -0.2) is 0 Å². The van der Waals surface area contributed by atoms with Crippen LogP contribution in [0.3, 0.4) is 0 Å². The Bertz CT molecular complexity index is 706. The van der Waals surface area contributed by atoms with Crippen LogP contribution in [0.25, 0.3) is 0 Å². The van der Waals surface area contributed by atoms with Gasteiger partial charge in [0.25, 0.3) is 0 Å². The summed E-state index contributed by atoms with van der Waals surface area (Å²) in [6.45, 7) is 3.91. The van der Waals surface area contributed by atoms with Gasteiger partial charge < -0.3 is 20.8 Å². The molecule has 0 heterocycles. The Balaban J connectivity index is 0. The number of nitrogens with one attached hydrogen (secondary N) is 2. The van der Waals surface area contributed by atoms with E-state index in [9.17, 15) is 10.2 Å². The molecule has 4 atom stereocenters. The largest absolute Gasteiger partial charge is 0.394 e. The fourth-order valence-corrected chi connectivity index (χ4v) is 2.19. The van der Waals surface area contributed by atoms with Crippen molar-refractivity contribution in [2.75, 3.05) is 14.1 Å². The second kappa shape index (κ2) is 16.2. The fraction of sp³-hybridized carbons (Fsp3) is 0.400. The molecule has 30 heavy (non-hydrogen) atoms. The van der Waals surface area contributed by atoms with Crippen molar-refractivity contribution in [3.8, 4) is 0 Å². The van der Waals surface area contributed by atoms with Gasteiger partial charge in [-0.3, -0.25) is 9.11 Å². The Morgan fingerprint density at radius 1 is 0.700 bits per heavy atom. The van der Waals surface area contributed by atoms with Crippen molar-refractivity contribution in [1.29, 1.82) is 0 Å². The Morgan fingerprint density at radius 3 is 1.13 bits per heavy atom. The highest BCUT2D eigenvalue weighted by Gasteiger charge is 2.13. The lowest BCUT2D eigenvalue weighted by Gasteiger charge is -2.17. The van der Waals surface area contributed by atoms with Crippen molar-refractivity contribution in [1.82, 2.24) is 10.6 Å². The highest BCUT2D eigenvalue weighted by atomic mass is 35.5. The van der Waals surface area contributed by atoms with Gasteiger partial charge in [0.1, 0.15) is 0 Å². The van der Waals surface area contributed by atoms with Gasteiger partial charge in [0, 0.05) is 12.1 Å². The van der Waals surface area contributed by atoms with Gasteiger partial charge in [0.2, 0.25) is 0 Å². The smallest absolute Gasteiger partial charge is 0.387 e. The Hall–Kier alpha value is -1.56. The molecular formula is C20H33ClN2O6S. The summed E-state index contributed by atoms with van der Waals surface area (Å²) in [6.07, 6.45) is -0.840. The predicted octanol–water partition coefficient (Wildman–Crippen LogP) is 2.42. The molecule has 8 nitrogen and oxygen atoms in total. The molecular weight excluding hydrogens is 432 g/mol. The Labute approximate surface area is 185 Å². The number of aliphatic hydroxyl groups excluding tert-OH is 2. The van der Waals surface area contributed by atoms with E-state index in [0.29, 0.717) is 0 Å². The molecule has 0 aliphatic rings. The molecule has 0 amide bonds. The first-order chi connectivity index (χ1) is 13.5. The van der Waals surface area contributed by atoms with Gasteiger partial charge in [0.05, 0.1) is 12.2 Å². The fourth-order valence-electron chi connectivity index (χ4n) is 2.19. The first kappa shape index (κ1) is 30.6. The van der Waals surface area contributed by atoms with Crippen LogP contribution >= 0.6 is 12.4 Å². The SMILES string of the molecule is CNC(C)C(O)c1ccccc1.CNC(C)C(O)c1ccccc1.Cl.O=S(=O)(O)O. The monoisotopic (exact) mass is 464 g/mol. The maximum absolute atomic E-state index is 9.73. The summed E-state index contributed by atoms with van der Waals surface area (Å²) in [5.41, 5.74) is 1.92. The van der Waals surface area contributed by atoms with Crippen molar-refractivity contribution in [2.45, 2.75) is 38.1 Å². The van der Waals surface area contributed by atoms with Gasteiger partial charge in [0.15, 0.2) is 0 Å². The van der Waals surface area contributed by atoms with Gasteiger partial charge in [-0.2, -0.15) is 8.42 Å². The third-order valence-electron chi connectivity index (χ3n) is 4.14. The van der Waals surface area contributed by atoms with Crippen LogP contribution in [0, 0.1) is 0 Å². The van der Waals surface area contributed by atoms with Crippen LogP contribution in [-0.4, -0.2) is 53.9 Å². The summed E-state index contributed by atoms with van der Waals surface area (Å²) in [6, 6.07) is 19.5. The maximum atomic E-state index is 9.73. The first-order valence-electron chi connectivity index (χ1n) is 9.01. The highest BCUT2D eigenvalue weighted by Crippen LogP contribution is 2.16. The lowest BCUT2D eigenvalue weighted by Crippen LogP contribution is -2.28. The van der Waals surface area contributed by atoms with Crippen LogP contribution in [0.2, 0.25) is 0 Å². The van der Waals surface area contributed by atoms with Crippen molar-refractivity contribution in [3.63, 3.8) is 0 Å². The van der Waals surface area contributed by atoms with E-state index in [0.717, 1.165) is 11.1 Å². The van der Waals surface area contributed by atoms with Gasteiger partial charge in [-0.05, 0) is 39.1 Å². The summed E-state index contributed by atoms with van der Waals surface area (Å²) < 4.78 is 31.6. The molecule has 0 bridgehead atoms. The minimum atomic E-state index is -4.67. The third kappa shape index (κ3) is 14.4. The van der Waals surface area contributed by atoms with Crippen molar-refractivity contribution >= 4 is 22.8 Å². The molecule has 0 radical (unpaired) electrons. The zero-order valence-electron chi connectivity index (χ0n) is 17.5. The second-order valence-corrected chi connectivity index (χ2v) is 7.21. The average molecular weight is 465 g/mol. The minimum Gasteiger partial charge on any atom is -0.387 e. The number of halogens is 1. The quantitative estimate of drug-likeness (QED) is 0.358. The van der Waals surface area contributed by atoms with E-state index in [1.807, 2.05) is 88.6 Å². The van der Waals surface area contributed by atoms with Crippen LogP contribution in [0.15, 0.2) is 60.7 Å². The summed E-state index contributed by atoms with van der Waals surface area (Å²) in [4.78, 5) is 0. The summed E-state index contributed by atoms with van der Waals surface area (Å²) >= 11 is 0. The standard InChI is InChI=1S/2C10H15NO.ClH.H2O4S/c2*1-8(11-2)10(12)9-6-4-3-5-7-9;;1-5(2,3)4/h2*3-8,10-12H,1-2H3;1H;(H2,1,2,3,4). The molecule has 0 aliphatic heterocycles. The molecule has 0 fully saturated rings. The Kier molecular flexibility index (Phi) is 16.5. The van der Waals surface area contributed by atoms with E-state index in [1.54, 1.807) is 0 Å². The van der Waals surface area contributed by atoms with E-state index in [1.165, 1.54) is 0 Å². The van der Waals surface area contributed by atoms with Crippen LogP contribution in [0.1, 0.15) is 37.2 Å². The molecule has 0 aliphatic carbocycles. The average Bonchev–Trinajstić information content (AvgIpc) is 2.72. The number of likely N-dealkylation sites (N-methyl/N-ethyl adjacent to an activating group) is 2. The van der Waals surface area contributed by atoms with E-state index in [2.05, 4.69) is 10.6 Å². The van der Waals surface area contributed by atoms with Crippen LogP contribution in [0.5, 0.6) is 0 Å². The number of hydrogen-bond donors (Lipinski definition) is 6. The lowest BCUT2D eigenvalue weighted by atomic mass is 10.0. The predicted molar refractivity (Wildman–Crippen MR) is 121 cm³/mol. The third-order valence-corrected chi connectivity index (χ3v) is 4.14. The van der Waals surface area contributed by atoms with Crippen molar-refractivity contribution < 1.29 is 27.7 Å². The molecule has 2 rings (SSSR count). The summed E-state index contributed by atoms with van der Waals surface area (Å²) in [7, 11) is -0.979. The van der Waals surface area contributed by atoms with E-state index in [4.69, 9.17) is 17.5 Å². The van der Waals surface area contributed by atoms with Crippen LogP contribution in [0.4, 0.5) is 0 Å². The topological polar surface area (TPSA) is 139 Å². The molecule has 4 unspecified atom stereocenters. The van der Waals surface area contributed by atoms with Gasteiger partial charge in [-0.15, -0.1) is 12.4 Å². The van der Waals surface area contributed by atoms with Crippen LogP contribution in [-0.2, 0) is 10.4 Å². The van der Waals surface area contributed by atoms with Gasteiger partial charge in [-0.1, -0.05) is 60.7 Å². The van der Waals surface area contributed by atoms with E-state index < -0.39 is 22.6 Å². The Morgan fingerprint density at radius 2 is 0.933 bits per heavy atom. The normalized spacial score (nSPS) is 14.4. The maximum Gasteiger partial charge on any atom is 0.394 e. The second-order valence-electron chi connectivity index (χ2n) is 6.31. The van der Waals surface area contributed by atoms with E-state index >= 15 is 0 Å². The number of benzene rings is 2. The molecule has 0 spiro atoms. The van der Waals surface area contributed by atoms with Crippen molar-refractivity contribution in [3.05, 3.63) is 71.8 Å². The number of aliphatic hydroxyl groups is 2. The lowest BCUT2D eigenvalue weighted by molar-refractivity contribution is 0.140. The summed E-state index contributed by atoms with van der Waals surface area (Å²) in [5, 5.41) is 25.5. The number of hydrogen-bond acceptors (Lipinski definition) is 6.